The Labute approximate surface area is 151 Å². The summed E-state index contributed by atoms with van der Waals surface area (Å²) < 4.78 is 10.9. The van der Waals surface area contributed by atoms with E-state index in [1.54, 1.807) is 25.1 Å². The summed E-state index contributed by atoms with van der Waals surface area (Å²) >= 11 is 0. The van der Waals surface area contributed by atoms with Crippen molar-refractivity contribution in [3.8, 4) is 11.8 Å². The van der Waals surface area contributed by atoms with E-state index in [9.17, 15) is 14.9 Å². The molecule has 1 saturated carbocycles. The van der Waals surface area contributed by atoms with Gasteiger partial charge in [0.25, 0.3) is 5.91 Å². The van der Waals surface area contributed by atoms with Crippen molar-refractivity contribution in [3.63, 3.8) is 0 Å². The summed E-state index contributed by atoms with van der Waals surface area (Å²) in [5, 5.41) is 13.2. The van der Waals surface area contributed by atoms with Crippen LogP contribution in [0.4, 0.5) is 0 Å². The zero-order chi connectivity index (χ0) is 18.7. The maximum absolute atomic E-state index is 12.5. The number of nitrogens with one attached hydrogen (secondary N) is 1. The van der Waals surface area contributed by atoms with Crippen molar-refractivity contribution >= 4 is 16.9 Å². The van der Waals surface area contributed by atoms with Crippen LogP contribution in [0.5, 0.6) is 5.75 Å². The van der Waals surface area contributed by atoms with Gasteiger partial charge in [0.15, 0.2) is 6.10 Å². The maximum atomic E-state index is 12.5. The molecule has 3 rings (SSSR count). The van der Waals surface area contributed by atoms with Crippen LogP contribution in [0, 0.1) is 18.3 Å². The van der Waals surface area contributed by atoms with Gasteiger partial charge in [-0.2, -0.15) is 5.26 Å². The lowest BCUT2D eigenvalue weighted by atomic mass is 9.83. The van der Waals surface area contributed by atoms with Gasteiger partial charge in [0.2, 0.25) is 0 Å². The normalized spacial score (nSPS) is 17.3. The number of amides is 1. The molecule has 0 spiro atoms. The zero-order valence-electron chi connectivity index (χ0n) is 15.0. The summed E-state index contributed by atoms with van der Waals surface area (Å²) in [6.07, 6.45) is 3.53. The molecule has 6 heteroatoms. The topological polar surface area (TPSA) is 92.3 Å². The molecule has 136 valence electrons. The number of ether oxygens (including phenoxy) is 1. The van der Waals surface area contributed by atoms with E-state index in [4.69, 9.17) is 9.15 Å². The highest BCUT2D eigenvalue weighted by atomic mass is 16.5. The second-order valence-electron chi connectivity index (χ2n) is 6.91. The van der Waals surface area contributed by atoms with Gasteiger partial charge in [-0.25, -0.2) is 4.79 Å². The van der Waals surface area contributed by atoms with E-state index in [0.717, 1.165) is 30.2 Å². The fourth-order valence-electron chi connectivity index (χ4n) is 3.39. The Morgan fingerprint density at radius 2 is 2.04 bits per heavy atom. The van der Waals surface area contributed by atoms with Gasteiger partial charge in [0, 0.05) is 17.5 Å². The molecule has 26 heavy (non-hydrogen) atoms. The second-order valence-corrected chi connectivity index (χ2v) is 6.91. The molecule has 0 radical (unpaired) electrons. The Morgan fingerprint density at radius 1 is 1.31 bits per heavy atom. The molecule has 6 nitrogen and oxygen atoms in total. The smallest absolute Gasteiger partial charge is 0.336 e. The van der Waals surface area contributed by atoms with Crippen LogP contribution in [-0.2, 0) is 4.79 Å². The van der Waals surface area contributed by atoms with Gasteiger partial charge >= 0.3 is 5.63 Å². The van der Waals surface area contributed by atoms with Gasteiger partial charge in [-0.15, -0.1) is 0 Å². The average molecular weight is 354 g/mol. The molecule has 1 N–H and O–H groups in total. The summed E-state index contributed by atoms with van der Waals surface area (Å²) in [7, 11) is 0. The molecule has 1 aliphatic rings. The summed E-state index contributed by atoms with van der Waals surface area (Å²) in [6, 6.07) is 8.84. The number of carbonyl (C=O) groups excluding carboxylic acids is 1. The summed E-state index contributed by atoms with van der Waals surface area (Å²) in [5.74, 6) is 0.114. The molecule has 2 aromatic rings. The van der Waals surface area contributed by atoms with E-state index in [-0.39, 0.29) is 5.91 Å². The van der Waals surface area contributed by atoms with Crippen LogP contribution >= 0.6 is 0 Å². The number of nitriles is 1. The first-order chi connectivity index (χ1) is 12.4. The molecule has 1 amide bonds. The van der Waals surface area contributed by atoms with E-state index < -0.39 is 17.3 Å². The molecule has 1 aliphatic carbocycles. The van der Waals surface area contributed by atoms with Crippen molar-refractivity contribution in [2.45, 2.75) is 57.6 Å². The highest BCUT2D eigenvalue weighted by molar-refractivity contribution is 5.83. The van der Waals surface area contributed by atoms with Crippen LogP contribution in [-0.4, -0.2) is 17.6 Å². The lowest BCUT2D eigenvalue weighted by Crippen LogP contribution is -2.52. The van der Waals surface area contributed by atoms with Gasteiger partial charge in [0.05, 0.1) is 6.07 Å². The Hall–Kier alpha value is -2.81. The molecule has 0 aliphatic heterocycles. The van der Waals surface area contributed by atoms with Crippen molar-refractivity contribution < 1.29 is 13.9 Å². The minimum absolute atomic E-state index is 0.320. The fraction of sp³-hybridized carbons (Fsp3) is 0.450. The molecule has 1 atom stereocenters. The third-order valence-electron chi connectivity index (χ3n) is 4.89. The molecule has 1 aromatic carbocycles. The number of benzene rings is 1. The number of rotatable bonds is 4. The number of nitrogens with zero attached hydrogens (tertiary/aromatic N) is 1. The lowest BCUT2D eigenvalue weighted by Gasteiger charge is -2.32. The van der Waals surface area contributed by atoms with Crippen LogP contribution in [0.1, 0.15) is 44.6 Å². The van der Waals surface area contributed by atoms with E-state index in [1.807, 2.05) is 6.92 Å². The summed E-state index contributed by atoms with van der Waals surface area (Å²) in [4.78, 5) is 24.0. The molecular formula is C20H22N2O4. The lowest BCUT2D eigenvalue weighted by molar-refractivity contribution is -0.129. The van der Waals surface area contributed by atoms with E-state index >= 15 is 0 Å². The first kappa shape index (κ1) is 18.0. The Balaban J connectivity index is 1.74. The molecule has 1 fully saturated rings. The largest absolute Gasteiger partial charge is 0.481 e. The molecule has 1 heterocycles. The minimum atomic E-state index is -0.791. The van der Waals surface area contributed by atoms with Crippen LogP contribution in [0.3, 0.4) is 0 Å². The van der Waals surface area contributed by atoms with Gasteiger partial charge in [-0.05, 0) is 44.4 Å². The monoisotopic (exact) mass is 354 g/mol. The Kier molecular flexibility index (Phi) is 4.99. The van der Waals surface area contributed by atoms with Gasteiger partial charge in [-0.3, -0.25) is 4.79 Å². The van der Waals surface area contributed by atoms with Crippen molar-refractivity contribution in [1.82, 2.24) is 5.32 Å². The van der Waals surface area contributed by atoms with Gasteiger partial charge < -0.3 is 14.5 Å². The molecule has 0 bridgehead atoms. The predicted molar refractivity (Wildman–Crippen MR) is 96.9 cm³/mol. The predicted octanol–water partition coefficient (Wildman–Crippen LogP) is 3.21. The van der Waals surface area contributed by atoms with E-state index in [0.29, 0.717) is 24.2 Å². The first-order valence-electron chi connectivity index (χ1n) is 8.87. The molecular weight excluding hydrogens is 332 g/mol. The number of hydrogen-bond donors (Lipinski definition) is 1. The van der Waals surface area contributed by atoms with Crippen LogP contribution in [0.2, 0.25) is 0 Å². The number of carbonyl (C=O) groups is 1. The Morgan fingerprint density at radius 3 is 2.73 bits per heavy atom. The highest BCUT2D eigenvalue weighted by Crippen LogP contribution is 2.28. The quantitative estimate of drug-likeness (QED) is 0.851. The van der Waals surface area contributed by atoms with Crippen LogP contribution < -0.4 is 15.7 Å². The van der Waals surface area contributed by atoms with E-state index in [1.165, 1.54) is 6.07 Å². The van der Waals surface area contributed by atoms with Crippen molar-refractivity contribution in [1.29, 1.82) is 5.26 Å². The van der Waals surface area contributed by atoms with Crippen molar-refractivity contribution in [3.05, 3.63) is 40.2 Å². The third-order valence-corrected chi connectivity index (χ3v) is 4.89. The molecule has 0 unspecified atom stereocenters. The SMILES string of the molecule is Cc1cc(=O)oc2cc(O[C@@H](C)C(=O)NC3(C#N)CCCCC3)ccc12. The van der Waals surface area contributed by atoms with Gasteiger partial charge in [0.1, 0.15) is 16.9 Å². The molecule has 1 aromatic heterocycles. The van der Waals surface area contributed by atoms with Crippen molar-refractivity contribution in [2.75, 3.05) is 0 Å². The molecule has 0 saturated heterocycles. The van der Waals surface area contributed by atoms with Crippen molar-refractivity contribution in [2.24, 2.45) is 0 Å². The van der Waals surface area contributed by atoms with Crippen LogP contribution in [0.15, 0.2) is 33.5 Å². The summed E-state index contributed by atoms with van der Waals surface area (Å²) in [5.41, 5.74) is 0.0224. The zero-order valence-corrected chi connectivity index (χ0v) is 15.0. The highest BCUT2D eigenvalue weighted by Gasteiger charge is 2.35. The average Bonchev–Trinajstić information content (AvgIpc) is 2.62. The number of fused-ring (bicyclic) bond motifs is 1. The second kappa shape index (κ2) is 7.20. The maximum Gasteiger partial charge on any atom is 0.336 e. The summed E-state index contributed by atoms with van der Waals surface area (Å²) in [6.45, 7) is 3.47. The standard InChI is InChI=1S/C20H22N2O4/c1-13-10-18(23)26-17-11-15(6-7-16(13)17)25-14(2)19(24)22-20(12-21)8-4-3-5-9-20/h6-7,10-11,14H,3-5,8-9H2,1-2H3,(H,22,24)/t14-/m0/s1. The van der Waals surface area contributed by atoms with Crippen LogP contribution in [0.25, 0.3) is 11.0 Å². The first-order valence-corrected chi connectivity index (χ1v) is 8.87. The van der Waals surface area contributed by atoms with E-state index in [2.05, 4.69) is 11.4 Å². The number of aryl methyl sites for hydroxylation is 1. The number of hydrogen-bond acceptors (Lipinski definition) is 5. The fourth-order valence-corrected chi connectivity index (χ4v) is 3.39. The third kappa shape index (κ3) is 3.72. The van der Waals surface area contributed by atoms with Gasteiger partial charge in [-0.1, -0.05) is 19.3 Å². The Bertz CT molecular complexity index is 920. The minimum Gasteiger partial charge on any atom is -0.481 e.